The van der Waals surface area contributed by atoms with Crippen LogP contribution in [0.25, 0.3) is 0 Å². The molecule has 0 bridgehead atoms. The van der Waals surface area contributed by atoms with Gasteiger partial charge in [0.15, 0.2) is 6.10 Å². The number of amides is 1. The molecule has 1 atom stereocenters. The third-order valence-corrected chi connectivity index (χ3v) is 3.14. The summed E-state index contributed by atoms with van der Waals surface area (Å²) in [6.07, 6.45) is -0.513. The molecule has 1 unspecified atom stereocenters. The van der Waals surface area contributed by atoms with Crippen molar-refractivity contribution in [1.29, 1.82) is 0 Å². The lowest BCUT2D eigenvalue weighted by molar-refractivity contribution is -0.127. The van der Waals surface area contributed by atoms with E-state index >= 15 is 0 Å². The Bertz CT molecular complexity index is 566. The highest BCUT2D eigenvalue weighted by Gasteiger charge is 2.14. The van der Waals surface area contributed by atoms with Crippen LogP contribution in [-0.2, 0) is 11.3 Å². The predicted octanol–water partition coefficient (Wildman–Crippen LogP) is 3.08. The predicted molar refractivity (Wildman–Crippen MR) is 79.6 cm³/mol. The van der Waals surface area contributed by atoms with E-state index in [1.807, 2.05) is 61.5 Å². The van der Waals surface area contributed by atoms with Crippen LogP contribution in [0.15, 0.2) is 54.6 Å². The molecule has 2 aromatic rings. The molecule has 3 heteroatoms. The Morgan fingerprint density at radius 3 is 2.45 bits per heavy atom. The molecule has 20 heavy (non-hydrogen) atoms. The molecule has 0 aliphatic heterocycles. The number of ether oxygens (including phenoxy) is 1. The Labute approximate surface area is 119 Å². The van der Waals surface area contributed by atoms with E-state index in [0.717, 1.165) is 5.56 Å². The number of benzene rings is 2. The van der Waals surface area contributed by atoms with Gasteiger partial charge in [-0.25, -0.2) is 0 Å². The van der Waals surface area contributed by atoms with Crippen molar-refractivity contribution in [3.05, 3.63) is 65.7 Å². The van der Waals surface area contributed by atoms with Gasteiger partial charge < -0.3 is 10.1 Å². The molecule has 1 amide bonds. The van der Waals surface area contributed by atoms with E-state index < -0.39 is 6.10 Å². The molecule has 2 aromatic carbocycles. The molecular weight excluding hydrogens is 250 g/mol. The monoisotopic (exact) mass is 269 g/mol. The second-order valence-electron chi connectivity index (χ2n) is 4.72. The summed E-state index contributed by atoms with van der Waals surface area (Å²) in [5.74, 6) is 0.586. The van der Waals surface area contributed by atoms with Gasteiger partial charge in [-0.2, -0.15) is 0 Å². The van der Waals surface area contributed by atoms with Crippen LogP contribution >= 0.6 is 0 Å². The van der Waals surface area contributed by atoms with E-state index in [0.29, 0.717) is 12.3 Å². The van der Waals surface area contributed by atoms with Crippen LogP contribution in [0.2, 0.25) is 0 Å². The van der Waals surface area contributed by atoms with Gasteiger partial charge in [0.1, 0.15) is 5.75 Å². The second-order valence-corrected chi connectivity index (χ2v) is 4.72. The zero-order chi connectivity index (χ0) is 14.4. The average molecular weight is 269 g/mol. The first-order valence-electron chi connectivity index (χ1n) is 6.71. The van der Waals surface area contributed by atoms with Gasteiger partial charge in [-0.15, -0.1) is 0 Å². The molecule has 0 aromatic heterocycles. The van der Waals surface area contributed by atoms with E-state index in [9.17, 15) is 4.79 Å². The number of para-hydroxylation sites is 1. The lowest BCUT2D eigenvalue weighted by atomic mass is 10.1. The molecule has 0 saturated heterocycles. The van der Waals surface area contributed by atoms with Gasteiger partial charge in [0, 0.05) is 6.54 Å². The lowest BCUT2D eigenvalue weighted by Gasteiger charge is -2.15. The van der Waals surface area contributed by atoms with Crippen LogP contribution in [0, 0.1) is 6.92 Å². The van der Waals surface area contributed by atoms with Crippen LogP contribution in [0.1, 0.15) is 18.1 Å². The molecule has 0 aliphatic rings. The highest BCUT2D eigenvalue weighted by molar-refractivity contribution is 5.80. The first-order valence-corrected chi connectivity index (χ1v) is 6.71. The minimum atomic E-state index is -0.513. The zero-order valence-corrected chi connectivity index (χ0v) is 11.8. The molecule has 104 valence electrons. The maximum Gasteiger partial charge on any atom is 0.261 e. The fourth-order valence-corrected chi connectivity index (χ4v) is 1.89. The van der Waals surface area contributed by atoms with Gasteiger partial charge in [-0.05, 0) is 37.1 Å². The van der Waals surface area contributed by atoms with E-state index in [4.69, 9.17) is 4.74 Å². The normalized spacial score (nSPS) is 11.7. The van der Waals surface area contributed by atoms with E-state index in [2.05, 4.69) is 5.32 Å². The van der Waals surface area contributed by atoms with E-state index in [-0.39, 0.29) is 5.91 Å². The summed E-state index contributed by atoms with van der Waals surface area (Å²) < 4.78 is 5.58. The molecule has 2 rings (SSSR count). The van der Waals surface area contributed by atoms with Crippen molar-refractivity contribution in [1.82, 2.24) is 5.32 Å². The van der Waals surface area contributed by atoms with Crippen LogP contribution in [-0.4, -0.2) is 12.0 Å². The largest absolute Gasteiger partial charge is 0.481 e. The van der Waals surface area contributed by atoms with Crippen LogP contribution in [0.5, 0.6) is 5.75 Å². The molecule has 0 radical (unpaired) electrons. The third-order valence-electron chi connectivity index (χ3n) is 3.14. The van der Waals surface area contributed by atoms with Gasteiger partial charge in [-0.3, -0.25) is 4.79 Å². The SMILES string of the molecule is Cc1ccccc1CNC(=O)C(C)Oc1ccccc1. The summed E-state index contributed by atoms with van der Waals surface area (Å²) in [5.41, 5.74) is 2.29. The van der Waals surface area contributed by atoms with Crippen molar-refractivity contribution in [2.24, 2.45) is 0 Å². The molecule has 0 fully saturated rings. The van der Waals surface area contributed by atoms with Gasteiger partial charge in [0.05, 0.1) is 0 Å². The number of carbonyl (C=O) groups is 1. The fraction of sp³-hybridized carbons (Fsp3) is 0.235. The topological polar surface area (TPSA) is 38.3 Å². The molecular formula is C17H19NO2. The van der Waals surface area contributed by atoms with Crippen molar-refractivity contribution in [3.8, 4) is 5.75 Å². The summed E-state index contributed by atoms with van der Waals surface area (Å²) in [4.78, 5) is 12.0. The third kappa shape index (κ3) is 3.85. The maximum absolute atomic E-state index is 12.0. The molecule has 1 N–H and O–H groups in total. The van der Waals surface area contributed by atoms with E-state index in [1.165, 1.54) is 5.56 Å². The minimum absolute atomic E-state index is 0.114. The van der Waals surface area contributed by atoms with Crippen LogP contribution < -0.4 is 10.1 Å². The van der Waals surface area contributed by atoms with Crippen molar-refractivity contribution in [3.63, 3.8) is 0 Å². The quantitative estimate of drug-likeness (QED) is 0.906. The lowest BCUT2D eigenvalue weighted by Crippen LogP contribution is -2.36. The van der Waals surface area contributed by atoms with Gasteiger partial charge in [0.2, 0.25) is 0 Å². The minimum Gasteiger partial charge on any atom is -0.481 e. The number of carbonyl (C=O) groups excluding carboxylic acids is 1. The Morgan fingerprint density at radius 1 is 1.10 bits per heavy atom. The Morgan fingerprint density at radius 2 is 1.75 bits per heavy atom. The average Bonchev–Trinajstić information content (AvgIpc) is 2.47. The Kier molecular flexibility index (Phi) is 4.77. The van der Waals surface area contributed by atoms with E-state index in [1.54, 1.807) is 6.92 Å². The van der Waals surface area contributed by atoms with Crippen LogP contribution in [0.3, 0.4) is 0 Å². The summed E-state index contributed by atoms with van der Waals surface area (Å²) in [7, 11) is 0. The first-order chi connectivity index (χ1) is 9.66. The number of hydrogen-bond donors (Lipinski definition) is 1. The molecule has 0 heterocycles. The molecule has 3 nitrogen and oxygen atoms in total. The Balaban J connectivity index is 1.87. The van der Waals surface area contributed by atoms with Gasteiger partial charge in [-0.1, -0.05) is 42.5 Å². The van der Waals surface area contributed by atoms with Crippen molar-refractivity contribution in [2.45, 2.75) is 26.5 Å². The number of rotatable bonds is 5. The summed E-state index contributed by atoms with van der Waals surface area (Å²) in [6.45, 7) is 4.31. The second kappa shape index (κ2) is 6.75. The molecule has 0 saturated carbocycles. The smallest absolute Gasteiger partial charge is 0.261 e. The van der Waals surface area contributed by atoms with Crippen LogP contribution in [0.4, 0.5) is 0 Å². The number of aryl methyl sites for hydroxylation is 1. The van der Waals surface area contributed by atoms with Gasteiger partial charge >= 0.3 is 0 Å². The summed E-state index contributed by atoms with van der Waals surface area (Å²) >= 11 is 0. The number of nitrogens with one attached hydrogen (secondary N) is 1. The molecule has 0 spiro atoms. The maximum atomic E-state index is 12.0. The summed E-state index contributed by atoms with van der Waals surface area (Å²) in [5, 5.41) is 2.90. The highest BCUT2D eigenvalue weighted by Crippen LogP contribution is 2.11. The van der Waals surface area contributed by atoms with Crippen molar-refractivity contribution < 1.29 is 9.53 Å². The van der Waals surface area contributed by atoms with Gasteiger partial charge in [0.25, 0.3) is 5.91 Å². The highest BCUT2D eigenvalue weighted by atomic mass is 16.5. The van der Waals surface area contributed by atoms with Crippen molar-refractivity contribution in [2.75, 3.05) is 0 Å². The zero-order valence-electron chi connectivity index (χ0n) is 11.8. The Hall–Kier alpha value is -2.29. The first kappa shape index (κ1) is 14.1. The molecule has 0 aliphatic carbocycles. The summed E-state index contributed by atoms with van der Waals surface area (Å²) in [6, 6.07) is 17.4. The van der Waals surface area contributed by atoms with Crippen molar-refractivity contribution >= 4 is 5.91 Å². The number of hydrogen-bond acceptors (Lipinski definition) is 2. The fourth-order valence-electron chi connectivity index (χ4n) is 1.89. The standard InChI is InChI=1S/C17H19NO2/c1-13-8-6-7-9-15(13)12-18-17(19)14(2)20-16-10-4-3-5-11-16/h3-11,14H,12H2,1-2H3,(H,18,19).